The molecule has 9 heteroatoms. The number of pyridine rings is 1. The van der Waals surface area contributed by atoms with E-state index in [9.17, 15) is 13.2 Å². The van der Waals surface area contributed by atoms with Gasteiger partial charge in [-0.3, -0.25) is 4.98 Å². The maximum absolute atomic E-state index is 12.7. The molecule has 0 unspecified atom stereocenters. The van der Waals surface area contributed by atoms with Gasteiger partial charge in [-0.25, -0.2) is 4.98 Å². The summed E-state index contributed by atoms with van der Waals surface area (Å²) in [6.07, 6.45) is -3.85. The third-order valence-corrected chi connectivity index (χ3v) is 3.79. The lowest BCUT2D eigenvalue weighted by Gasteiger charge is -2.10. The summed E-state index contributed by atoms with van der Waals surface area (Å²) in [6, 6.07) is 8.98. The number of nitrogens with zero attached hydrogens (tertiary/aromatic N) is 3. The highest BCUT2D eigenvalue weighted by atomic mass is 35.5. The average Bonchev–Trinajstić information content (AvgIpc) is 2.55. The van der Waals surface area contributed by atoms with E-state index in [1.54, 1.807) is 37.3 Å². The quantitative estimate of drug-likeness (QED) is 0.544. The van der Waals surface area contributed by atoms with E-state index in [2.05, 4.69) is 15.0 Å². The molecule has 0 atom stereocenters. The van der Waals surface area contributed by atoms with Gasteiger partial charge in [-0.05, 0) is 37.3 Å². The molecule has 0 saturated heterocycles. The summed E-state index contributed by atoms with van der Waals surface area (Å²) in [5.74, 6) is 0.755. The molecule has 2 heterocycles. The van der Waals surface area contributed by atoms with Crippen molar-refractivity contribution in [1.82, 2.24) is 15.0 Å². The molecule has 3 aromatic rings. The Balaban J connectivity index is 1.96. The third kappa shape index (κ3) is 4.23. The lowest BCUT2D eigenvalue weighted by atomic mass is 10.2. The molecule has 2 aromatic heterocycles. The lowest BCUT2D eigenvalue weighted by molar-refractivity contribution is -0.137. The van der Waals surface area contributed by atoms with E-state index >= 15 is 0 Å². The van der Waals surface area contributed by atoms with E-state index in [0.29, 0.717) is 22.7 Å². The maximum Gasteiger partial charge on any atom is 0.417 e. The minimum Gasteiger partial charge on any atom is -0.439 e. The molecule has 3 rings (SSSR count). The van der Waals surface area contributed by atoms with Crippen molar-refractivity contribution >= 4 is 23.2 Å². The van der Waals surface area contributed by atoms with Gasteiger partial charge in [0.15, 0.2) is 5.82 Å². The second-order valence-electron chi connectivity index (χ2n) is 5.28. The van der Waals surface area contributed by atoms with Gasteiger partial charge in [0.2, 0.25) is 5.88 Å². The van der Waals surface area contributed by atoms with E-state index in [1.807, 2.05) is 0 Å². The average molecular weight is 400 g/mol. The molecule has 0 bridgehead atoms. The Kier molecular flexibility index (Phi) is 5.02. The number of aromatic nitrogens is 3. The van der Waals surface area contributed by atoms with Crippen molar-refractivity contribution in [2.24, 2.45) is 0 Å². The maximum atomic E-state index is 12.7. The molecule has 1 aromatic carbocycles. The van der Waals surface area contributed by atoms with E-state index < -0.39 is 11.7 Å². The van der Waals surface area contributed by atoms with Gasteiger partial charge in [-0.15, -0.1) is 0 Å². The second kappa shape index (κ2) is 7.09. The number of ether oxygens (including phenoxy) is 1. The number of benzene rings is 1. The highest BCUT2D eigenvalue weighted by Crippen LogP contribution is 2.33. The Labute approximate surface area is 156 Å². The monoisotopic (exact) mass is 399 g/mol. The van der Waals surface area contributed by atoms with Crippen LogP contribution >= 0.6 is 23.2 Å². The zero-order valence-corrected chi connectivity index (χ0v) is 14.7. The summed E-state index contributed by atoms with van der Waals surface area (Å²) in [4.78, 5) is 12.1. The molecule has 0 saturated carbocycles. The first-order chi connectivity index (χ1) is 12.2. The number of halogens is 5. The third-order valence-electron chi connectivity index (χ3n) is 3.25. The van der Waals surface area contributed by atoms with Crippen molar-refractivity contribution in [3.8, 4) is 23.1 Å². The first-order valence-corrected chi connectivity index (χ1v) is 8.00. The summed E-state index contributed by atoms with van der Waals surface area (Å²) in [5, 5.41) is 0.348. The Bertz CT molecular complexity index is 947. The first-order valence-electron chi connectivity index (χ1n) is 7.24. The van der Waals surface area contributed by atoms with Gasteiger partial charge in [0.25, 0.3) is 0 Å². The number of hydrogen-bond donors (Lipinski definition) is 0. The van der Waals surface area contributed by atoms with Gasteiger partial charge in [0.1, 0.15) is 11.4 Å². The van der Waals surface area contributed by atoms with Crippen LogP contribution < -0.4 is 4.74 Å². The molecule has 0 N–H and O–H groups in total. The van der Waals surface area contributed by atoms with E-state index in [-0.39, 0.29) is 22.4 Å². The van der Waals surface area contributed by atoms with Crippen LogP contribution in [0.25, 0.3) is 11.5 Å². The SMILES string of the molecule is Cc1cc(Oc2ccc(Cl)cc2)nc(-c2ncc(C(F)(F)F)cc2Cl)n1. The minimum atomic E-state index is -4.54. The lowest BCUT2D eigenvalue weighted by Crippen LogP contribution is -2.06. The van der Waals surface area contributed by atoms with Gasteiger partial charge in [0, 0.05) is 23.0 Å². The van der Waals surface area contributed by atoms with E-state index in [4.69, 9.17) is 27.9 Å². The fourth-order valence-electron chi connectivity index (χ4n) is 2.08. The number of aryl methyl sites for hydroxylation is 1. The summed E-state index contributed by atoms with van der Waals surface area (Å²) < 4.78 is 43.9. The van der Waals surface area contributed by atoms with Gasteiger partial charge >= 0.3 is 6.18 Å². The van der Waals surface area contributed by atoms with E-state index in [0.717, 1.165) is 6.07 Å². The standard InChI is InChI=1S/C17H10Cl2F3N3O/c1-9-6-14(26-12-4-2-11(18)3-5-12)25-16(24-9)15-13(19)7-10(8-23-15)17(20,21)22/h2-8H,1H3. The zero-order chi connectivity index (χ0) is 18.9. The molecule has 0 amide bonds. The summed E-state index contributed by atoms with van der Waals surface area (Å²) in [5.41, 5.74) is -0.377. The smallest absolute Gasteiger partial charge is 0.417 e. The summed E-state index contributed by atoms with van der Waals surface area (Å²) >= 11 is 11.8. The van der Waals surface area contributed by atoms with Crippen LogP contribution in [0.1, 0.15) is 11.3 Å². The van der Waals surface area contributed by atoms with Crippen molar-refractivity contribution in [2.45, 2.75) is 13.1 Å². The molecule has 0 aliphatic rings. The molecule has 0 fully saturated rings. The van der Waals surface area contributed by atoms with Crippen LogP contribution in [0.15, 0.2) is 42.6 Å². The molecule has 134 valence electrons. The van der Waals surface area contributed by atoms with Crippen LogP contribution in [0.5, 0.6) is 11.6 Å². The Morgan fingerprint density at radius 1 is 1.00 bits per heavy atom. The van der Waals surface area contributed by atoms with Crippen LogP contribution in [0.3, 0.4) is 0 Å². The molecule has 26 heavy (non-hydrogen) atoms. The van der Waals surface area contributed by atoms with Gasteiger partial charge in [-0.1, -0.05) is 23.2 Å². The predicted molar refractivity (Wildman–Crippen MR) is 91.5 cm³/mol. The van der Waals surface area contributed by atoms with Crippen molar-refractivity contribution < 1.29 is 17.9 Å². The molecule has 0 aliphatic heterocycles. The second-order valence-corrected chi connectivity index (χ2v) is 6.12. The van der Waals surface area contributed by atoms with Crippen LogP contribution in [0, 0.1) is 6.92 Å². The number of alkyl halides is 3. The fraction of sp³-hybridized carbons (Fsp3) is 0.118. The van der Waals surface area contributed by atoms with Crippen LogP contribution in [0.4, 0.5) is 13.2 Å². The highest BCUT2D eigenvalue weighted by molar-refractivity contribution is 6.33. The van der Waals surface area contributed by atoms with Crippen LogP contribution in [-0.4, -0.2) is 15.0 Å². The molecular weight excluding hydrogens is 390 g/mol. The van der Waals surface area contributed by atoms with Gasteiger partial charge in [-0.2, -0.15) is 18.2 Å². The summed E-state index contributed by atoms with van der Waals surface area (Å²) in [7, 11) is 0. The van der Waals surface area contributed by atoms with Crippen molar-refractivity contribution in [3.05, 3.63) is 63.9 Å². The highest BCUT2D eigenvalue weighted by Gasteiger charge is 2.32. The zero-order valence-electron chi connectivity index (χ0n) is 13.2. The topological polar surface area (TPSA) is 47.9 Å². The minimum absolute atomic E-state index is 0.0318. The van der Waals surface area contributed by atoms with Gasteiger partial charge in [0.05, 0.1) is 10.6 Å². The predicted octanol–water partition coefficient (Wildman–Crippen LogP) is 5.96. The van der Waals surface area contributed by atoms with Gasteiger partial charge < -0.3 is 4.74 Å². The molecule has 0 radical (unpaired) electrons. The van der Waals surface area contributed by atoms with Crippen molar-refractivity contribution in [1.29, 1.82) is 0 Å². The van der Waals surface area contributed by atoms with Crippen molar-refractivity contribution in [2.75, 3.05) is 0 Å². The Hall–Kier alpha value is -2.38. The van der Waals surface area contributed by atoms with Crippen molar-refractivity contribution in [3.63, 3.8) is 0 Å². The molecule has 0 aliphatic carbocycles. The largest absolute Gasteiger partial charge is 0.439 e. The molecule has 0 spiro atoms. The normalized spacial score (nSPS) is 11.5. The Morgan fingerprint density at radius 3 is 2.31 bits per heavy atom. The Morgan fingerprint density at radius 2 is 1.69 bits per heavy atom. The van der Waals surface area contributed by atoms with E-state index in [1.165, 1.54) is 0 Å². The fourth-order valence-corrected chi connectivity index (χ4v) is 2.46. The number of hydrogen-bond acceptors (Lipinski definition) is 4. The summed E-state index contributed by atoms with van der Waals surface area (Å²) in [6.45, 7) is 1.69. The molecule has 4 nitrogen and oxygen atoms in total. The first kappa shape index (κ1) is 18.4. The number of rotatable bonds is 3. The van der Waals surface area contributed by atoms with Crippen LogP contribution in [-0.2, 0) is 6.18 Å². The molecular formula is C17H10Cl2F3N3O. The van der Waals surface area contributed by atoms with Crippen LogP contribution in [0.2, 0.25) is 10.0 Å².